The molecule has 1 aromatic heterocycles. The largest absolute Gasteiger partial charge is 0.325 e. The van der Waals surface area contributed by atoms with E-state index in [1.807, 2.05) is 0 Å². The average molecular weight is 231 g/mol. The molecule has 0 spiro atoms. The van der Waals surface area contributed by atoms with Gasteiger partial charge in [-0.15, -0.1) is 0 Å². The fourth-order valence-electron chi connectivity index (χ4n) is 1.35. The van der Waals surface area contributed by atoms with Gasteiger partial charge in [0.2, 0.25) is 10.0 Å². The van der Waals surface area contributed by atoms with Gasteiger partial charge in [-0.25, -0.2) is 12.8 Å². The molecule has 1 aromatic rings. The van der Waals surface area contributed by atoms with Gasteiger partial charge in [-0.2, -0.15) is 4.31 Å². The molecule has 0 aliphatic carbocycles. The van der Waals surface area contributed by atoms with Crippen molar-refractivity contribution in [1.82, 2.24) is 9.29 Å². The molecule has 1 aliphatic rings. The zero-order chi connectivity index (χ0) is 11.1. The molecule has 1 fully saturated rings. The fraction of sp³-hybridized carbons (Fsp3) is 0.375. The molecule has 0 saturated carbocycles. The van der Waals surface area contributed by atoms with Crippen molar-refractivity contribution < 1.29 is 12.8 Å². The van der Waals surface area contributed by atoms with Crippen LogP contribution in [0, 0.1) is 5.82 Å². The molecule has 0 amide bonds. The first-order valence-corrected chi connectivity index (χ1v) is 5.80. The molecule has 0 radical (unpaired) electrons. The number of nitrogens with two attached hydrogens (primary N) is 1. The Balaban J connectivity index is 2.30. The van der Waals surface area contributed by atoms with Gasteiger partial charge in [0.15, 0.2) is 0 Å². The van der Waals surface area contributed by atoms with E-state index in [-0.39, 0.29) is 24.0 Å². The SMILES string of the molecule is NC1CN(S(=O)(=O)c2cncc(F)c2)C1. The predicted octanol–water partition coefficient (Wildman–Crippen LogP) is -0.448. The molecule has 15 heavy (non-hydrogen) atoms. The number of sulfonamides is 1. The third kappa shape index (κ3) is 1.85. The number of pyridine rings is 1. The van der Waals surface area contributed by atoms with Crippen molar-refractivity contribution in [2.75, 3.05) is 13.1 Å². The van der Waals surface area contributed by atoms with Crippen LogP contribution in [-0.4, -0.2) is 36.8 Å². The maximum absolute atomic E-state index is 12.8. The monoisotopic (exact) mass is 231 g/mol. The lowest BCUT2D eigenvalue weighted by Gasteiger charge is -2.35. The number of halogens is 1. The van der Waals surface area contributed by atoms with Crippen LogP contribution >= 0.6 is 0 Å². The van der Waals surface area contributed by atoms with Crippen LogP contribution in [-0.2, 0) is 10.0 Å². The van der Waals surface area contributed by atoms with Crippen LogP contribution in [0.3, 0.4) is 0 Å². The molecule has 2 N–H and O–H groups in total. The second-order valence-electron chi connectivity index (χ2n) is 3.42. The Morgan fingerprint density at radius 3 is 2.67 bits per heavy atom. The van der Waals surface area contributed by atoms with Gasteiger partial charge < -0.3 is 5.73 Å². The molecule has 7 heteroatoms. The van der Waals surface area contributed by atoms with Crippen molar-refractivity contribution >= 4 is 10.0 Å². The number of hydrogen-bond donors (Lipinski definition) is 1. The zero-order valence-corrected chi connectivity index (χ0v) is 8.61. The molecule has 0 aromatic carbocycles. The van der Waals surface area contributed by atoms with E-state index in [1.165, 1.54) is 4.31 Å². The van der Waals surface area contributed by atoms with Gasteiger partial charge in [-0.1, -0.05) is 0 Å². The minimum Gasteiger partial charge on any atom is -0.325 e. The second kappa shape index (κ2) is 3.51. The van der Waals surface area contributed by atoms with Crippen molar-refractivity contribution in [1.29, 1.82) is 0 Å². The van der Waals surface area contributed by atoms with E-state index in [2.05, 4.69) is 4.98 Å². The van der Waals surface area contributed by atoms with E-state index >= 15 is 0 Å². The van der Waals surface area contributed by atoms with Gasteiger partial charge in [-0.05, 0) is 6.07 Å². The van der Waals surface area contributed by atoms with Crippen molar-refractivity contribution in [2.24, 2.45) is 5.73 Å². The summed E-state index contributed by atoms with van der Waals surface area (Å²) in [6.45, 7) is 0.553. The van der Waals surface area contributed by atoms with Gasteiger partial charge in [0.05, 0.1) is 6.20 Å². The molecule has 0 bridgehead atoms. The minimum absolute atomic E-state index is 0.124. The Bertz CT molecular complexity index is 471. The van der Waals surface area contributed by atoms with Gasteiger partial charge in [-0.3, -0.25) is 4.98 Å². The molecular weight excluding hydrogens is 221 g/mol. The smallest absolute Gasteiger partial charge is 0.244 e. The van der Waals surface area contributed by atoms with Crippen LogP contribution in [0.4, 0.5) is 4.39 Å². The molecule has 0 unspecified atom stereocenters. The summed E-state index contributed by atoms with van der Waals surface area (Å²) in [6.07, 6.45) is 2.09. The molecule has 82 valence electrons. The highest BCUT2D eigenvalue weighted by atomic mass is 32.2. The number of nitrogens with zero attached hydrogens (tertiary/aromatic N) is 2. The van der Waals surface area contributed by atoms with Crippen LogP contribution in [0.5, 0.6) is 0 Å². The highest BCUT2D eigenvalue weighted by molar-refractivity contribution is 7.89. The van der Waals surface area contributed by atoms with E-state index < -0.39 is 15.8 Å². The minimum atomic E-state index is -3.61. The molecule has 1 aliphatic heterocycles. The lowest BCUT2D eigenvalue weighted by molar-refractivity contribution is 0.265. The lowest BCUT2D eigenvalue weighted by atomic mass is 10.2. The summed E-state index contributed by atoms with van der Waals surface area (Å²) in [5.74, 6) is -0.666. The number of aromatic nitrogens is 1. The maximum Gasteiger partial charge on any atom is 0.244 e. The van der Waals surface area contributed by atoms with Gasteiger partial charge in [0.1, 0.15) is 10.7 Å². The van der Waals surface area contributed by atoms with Crippen molar-refractivity contribution in [3.63, 3.8) is 0 Å². The van der Waals surface area contributed by atoms with Crippen molar-refractivity contribution in [2.45, 2.75) is 10.9 Å². The first-order valence-electron chi connectivity index (χ1n) is 4.36. The highest BCUT2D eigenvalue weighted by Gasteiger charge is 2.34. The molecule has 1 saturated heterocycles. The van der Waals surface area contributed by atoms with Gasteiger partial charge >= 0.3 is 0 Å². The summed E-state index contributed by atoms with van der Waals surface area (Å²) < 4.78 is 37.5. The summed E-state index contributed by atoms with van der Waals surface area (Å²) in [5, 5.41) is 0. The van der Waals surface area contributed by atoms with Crippen molar-refractivity contribution in [3.8, 4) is 0 Å². The maximum atomic E-state index is 12.8. The Hall–Kier alpha value is -1.05. The predicted molar refractivity (Wildman–Crippen MR) is 50.9 cm³/mol. The van der Waals surface area contributed by atoms with Crippen LogP contribution < -0.4 is 5.73 Å². The van der Waals surface area contributed by atoms with E-state index in [1.54, 1.807) is 0 Å². The standard InChI is InChI=1S/C8H10FN3O2S/c9-6-1-8(3-11-2-6)15(13,14)12-4-7(10)5-12/h1-3,7H,4-5,10H2. The summed E-state index contributed by atoms with van der Waals surface area (Å²) >= 11 is 0. The van der Waals surface area contributed by atoms with E-state index in [0.717, 1.165) is 18.5 Å². The first-order chi connectivity index (χ1) is 7.00. The van der Waals surface area contributed by atoms with Crippen molar-refractivity contribution in [3.05, 3.63) is 24.3 Å². The zero-order valence-electron chi connectivity index (χ0n) is 7.80. The number of hydrogen-bond acceptors (Lipinski definition) is 4. The molecular formula is C8H10FN3O2S. The number of rotatable bonds is 2. The Labute approximate surface area is 86.8 Å². The second-order valence-corrected chi connectivity index (χ2v) is 5.36. The Morgan fingerprint density at radius 2 is 2.13 bits per heavy atom. The fourth-order valence-corrected chi connectivity index (χ4v) is 2.88. The Kier molecular flexibility index (Phi) is 2.45. The molecule has 2 heterocycles. The third-order valence-corrected chi connectivity index (χ3v) is 3.99. The summed E-state index contributed by atoms with van der Waals surface area (Å²) in [5.41, 5.74) is 5.48. The van der Waals surface area contributed by atoms with Gasteiger partial charge in [0, 0.05) is 25.3 Å². The molecule has 5 nitrogen and oxygen atoms in total. The average Bonchev–Trinajstić information content (AvgIpc) is 2.13. The van der Waals surface area contributed by atoms with E-state index in [9.17, 15) is 12.8 Å². The topological polar surface area (TPSA) is 76.3 Å². The van der Waals surface area contributed by atoms with Crippen LogP contribution in [0.25, 0.3) is 0 Å². The summed E-state index contributed by atoms with van der Waals surface area (Å²) in [7, 11) is -3.61. The van der Waals surface area contributed by atoms with Crippen LogP contribution in [0.1, 0.15) is 0 Å². The van der Waals surface area contributed by atoms with Crippen LogP contribution in [0.15, 0.2) is 23.4 Å². The summed E-state index contributed by atoms with van der Waals surface area (Å²) in [4.78, 5) is 3.37. The first kappa shape index (κ1) is 10.5. The van der Waals surface area contributed by atoms with E-state index in [0.29, 0.717) is 0 Å². The lowest BCUT2D eigenvalue weighted by Crippen LogP contribution is -2.57. The molecule has 2 rings (SSSR count). The quantitative estimate of drug-likeness (QED) is 0.748. The van der Waals surface area contributed by atoms with E-state index in [4.69, 9.17) is 5.73 Å². The normalized spacial score (nSPS) is 18.8. The van der Waals surface area contributed by atoms with Crippen LogP contribution in [0.2, 0.25) is 0 Å². The molecule has 0 atom stereocenters. The summed E-state index contributed by atoms with van der Waals surface area (Å²) in [6, 6.07) is 0.827. The van der Waals surface area contributed by atoms with Gasteiger partial charge in [0.25, 0.3) is 0 Å². The highest BCUT2D eigenvalue weighted by Crippen LogP contribution is 2.20. The third-order valence-electron chi connectivity index (χ3n) is 2.19. The Morgan fingerprint density at radius 1 is 1.47 bits per heavy atom.